The second-order valence-corrected chi connectivity index (χ2v) is 3.39. The van der Waals surface area contributed by atoms with Crippen LogP contribution in [0.5, 0.6) is 5.75 Å². The van der Waals surface area contributed by atoms with Crippen molar-refractivity contribution in [2.45, 2.75) is 6.92 Å². The Morgan fingerprint density at radius 2 is 2.24 bits per heavy atom. The number of esters is 1. The van der Waals surface area contributed by atoms with Crippen molar-refractivity contribution >= 4 is 16.9 Å². The van der Waals surface area contributed by atoms with Gasteiger partial charge in [0.2, 0.25) is 0 Å². The maximum absolute atomic E-state index is 12.9. The number of hydrogen-bond donors (Lipinski definition) is 0. The van der Waals surface area contributed by atoms with Gasteiger partial charge in [0.25, 0.3) is 0 Å². The summed E-state index contributed by atoms with van der Waals surface area (Å²) in [6, 6.07) is 4.69. The Labute approximate surface area is 96.7 Å². The Morgan fingerprint density at radius 1 is 1.47 bits per heavy atom. The first kappa shape index (κ1) is 11.3. The third-order valence-corrected chi connectivity index (χ3v) is 2.22. The van der Waals surface area contributed by atoms with E-state index in [1.807, 2.05) is 0 Å². The average molecular weight is 234 g/mol. The minimum atomic E-state index is -0.657. The Kier molecular flexibility index (Phi) is 2.91. The quantitative estimate of drug-likeness (QED) is 0.741. The van der Waals surface area contributed by atoms with Gasteiger partial charge in [0.15, 0.2) is 0 Å². The summed E-state index contributed by atoms with van der Waals surface area (Å²) in [5, 5.41) is 11.8. The molecule has 5 heteroatoms. The van der Waals surface area contributed by atoms with Crippen molar-refractivity contribution in [2.75, 3.05) is 6.61 Å². The molecule has 0 aliphatic rings. The lowest BCUT2D eigenvalue weighted by atomic mass is 10.2. The van der Waals surface area contributed by atoms with Gasteiger partial charge in [-0.05, 0) is 36.6 Å². The van der Waals surface area contributed by atoms with Crippen molar-refractivity contribution in [3.05, 3.63) is 35.8 Å². The highest BCUT2D eigenvalue weighted by molar-refractivity contribution is 5.93. The first-order valence-electron chi connectivity index (χ1n) is 5.06. The fourth-order valence-electron chi connectivity index (χ4n) is 1.48. The highest BCUT2D eigenvalue weighted by atomic mass is 19.1. The van der Waals surface area contributed by atoms with Crippen LogP contribution in [0.2, 0.25) is 0 Å². The fourth-order valence-corrected chi connectivity index (χ4v) is 1.48. The summed E-state index contributed by atoms with van der Waals surface area (Å²) < 4.78 is 17.7. The Balaban J connectivity index is 2.56. The van der Waals surface area contributed by atoms with Crippen LogP contribution in [-0.4, -0.2) is 17.6 Å². The van der Waals surface area contributed by atoms with Crippen LogP contribution in [0, 0.1) is 5.82 Å². The fraction of sp³-hybridized carbons (Fsp3) is 0.167. The predicted molar refractivity (Wildman–Crippen MR) is 57.1 cm³/mol. The van der Waals surface area contributed by atoms with Crippen molar-refractivity contribution in [1.29, 1.82) is 0 Å². The average Bonchev–Trinajstić information content (AvgIpc) is 2.30. The van der Waals surface area contributed by atoms with Gasteiger partial charge in [0, 0.05) is 0 Å². The zero-order valence-corrected chi connectivity index (χ0v) is 9.07. The van der Waals surface area contributed by atoms with E-state index in [2.05, 4.69) is 4.98 Å². The molecule has 0 saturated heterocycles. The van der Waals surface area contributed by atoms with Crippen molar-refractivity contribution in [3.63, 3.8) is 0 Å². The van der Waals surface area contributed by atoms with Crippen LogP contribution in [0.4, 0.5) is 4.39 Å². The molecule has 1 aromatic carbocycles. The number of benzene rings is 1. The Hall–Kier alpha value is -2.17. The van der Waals surface area contributed by atoms with Crippen LogP contribution in [0.1, 0.15) is 17.4 Å². The second kappa shape index (κ2) is 4.37. The number of aromatic nitrogens is 1. The van der Waals surface area contributed by atoms with E-state index in [1.165, 1.54) is 12.1 Å². The first-order chi connectivity index (χ1) is 8.11. The number of halogens is 1. The van der Waals surface area contributed by atoms with Crippen molar-refractivity contribution in [2.24, 2.45) is 0 Å². The highest BCUT2D eigenvalue weighted by Crippen LogP contribution is 2.23. The molecule has 0 fully saturated rings. The van der Waals surface area contributed by atoms with Gasteiger partial charge in [0.1, 0.15) is 11.5 Å². The van der Waals surface area contributed by atoms with Gasteiger partial charge in [-0.25, -0.2) is 14.2 Å². The van der Waals surface area contributed by atoms with Crippen LogP contribution in [0.3, 0.4) is 0 Å². The zero-order chi connectivity index (χ0) is 12.4. The number of hydrogen-bond acceptors (Lipinski definition) is 4. The lowest BCUT2D eigenvalue weighted by Crippen LogP contribution is -2.08. The topological polar surface area (TPSA) is 62.2 Å². The number of nitrogens with zero attached hydrogens (tertiary/aromatic N) is 1. The monoisotopic (exact) mass is 234 g/mol. The minimum absolute atomic E-state index is 0.0593. The van der Waals surface area contributed by atoms with Crippen molar-refractivity contribution < 1.29 is 19.0 Å². The molecule has 0 aliphatic carbocycles. The standard InChI is InChI=1S/C12H10FNO3/c1-2-17-12(16)10-6-11(15)8-5-7(13)3-4-9(8)14-10/h3-6H,2H2,1H3,(H,14,15)/p-1. The molecule has 88 valence electrons. The van der Waals surface area contributed by atoms with Crippen LogP contribution >= 0.6 is 0 Å². The number of ether oxygens (including phenoxy) is 1. The lowest BCUT2D eigenvalue weighted by Gasteiger charge is -2.11. The summed E-state index contributed by atoms with van der Waals surface area (Å²) in [5.41, 5.74) is 0.220. The third-order valence-electron chi connectivity index (χ3n) is 2.22. The van der Waals surface area contributed by atoms with Gasteiger partial charge in [-0.3, -0.25) is 0 Å². The van der Waals surface area contributed by atoms with Crippen molar-refractivity contribution in [3.8, 4) is 5.75 Å². The molecule has 1 aromatic heterocycles. The van der Waals surface area contributed by atoms with Crippen LogP contribution < -0.4 is 5.11 Å². The Morgan fingerprint density at radius 3 is 2.94 bits per heavy atom. The van der Waals surface area contributed by atoms with Gasteiger partial charge < -0.3 is 9.84 Å². The SMILES string of the molecule is CCOC(=O)c1cc([O-])c2cc(F)ccc2n1. The van der Waals surface area contributed by atoms with Gasteiger partial charge in [-0.1, -0.05) is 5.75 Å². The molecular formula is C12H9FNO3-. The molecule has 0 atom stereocenters. The number of fused-ring (bicyclic) bond motifs is 1. The van der Waals surface area contributed by atoms with E-state index in [9.17, 15) is 14.3 Å². The normalized spacial score (nSPS) is 10.5. The largest absolute Gasteiger partial charge is 0.872 e. The Bertz CT molecular complexity index is 583. The maximum Gasteiger partial charge on any atom is 0.356 e. The predicted octanol–water partition coefficient (Wildman–Crippen LogP) is 1.62. The van der Waals surface area contributed by atoms with E-state index in [0.717, 1.165) is 12.1 Å². The van der Waals surface area contributed by atoms with E-state index in [0.29, 0.717) is 0 Å². The molecule has 0 aliphatic heterocycles. The molecule has 0 saturated carbocycles. The van der Waals surface area contributed by atoms with E-state index in [-0.39, 0.29) is 23.2 Å². The summed E-state index contributed by atoms with van der Waals surface area (Å²) in [6.45, 7) is 1.86. The van der Waals surface area contributed by atoms with E-state index in [1.54, 1.807) is 6.92 Å². The molecule has 2 rings (SSSR count). The zero-order valence-electron chi connectivity index (χ0n) is 9.07. The molecule has 0 unspecified atom stereocenters. The van der Waals surface area contributed by atoms with E-state index in [4.69, 9.17) is 4.74 Å². The van der Waals surface area contributed by atoms with E-state index < -0.39 is 17.5 Å². The van der Waals surface area contributed by atoms with Gasteiger partial charge in [-0.2, -0.15) is 0 Å². The smallest absolute Gasteiger partial charge is 0.356 e. The number of carbonyl (C=O) groups is 1. The highest BCUT2D eigenvalue weighted by Gasteiger charge is 2.09. The number of rotatable bonds is 2. The molecule has 0 bridgehead atoms. The molecule has 2 aromatic rings. The molecule has 0 N–H and O–H groups in total. The molecule has 0 radical (unpaired) electrons. The van der Waals surface area contributed by atoms with Gasteiger partial charge in [-0.15, -0.1) is 0 Å². The van der Waals surface area contributed by atoms with Crippen LogP contribution in [-0.2, 0) is 4.74 Å². The van der Waals surface area contributed by atoms with E-state index >= 15 is 0 Å². The molecule has 4 nitrogen and oxygen atoms in total. The van der Waals surface area contributed by atoms with Crippen LogP contribution in [0.15, 0.2) is 24.3 Å². The van der Waals surface area contributed by atoms with Gasteiger partial charge >= 0.3 is 5.97 Å². The lowest BCUT2D eigenvalue weighted by molar-refractivity contribution is -0.265. The summed E-state index contributed by atoms with van der Waals surface area (Å²) in [4.78, 5) is 15.4. The van der Waals surface area contributed by atoms with Crippen LogP contribution in [0.25, 0.3) is 10.9 Å². The maximum atomic E-state index is 12.9. The molecule has 1 heterocycles. The first-order valence-corrected chi connectivity index (χ1v) is 5.06. The molecule has 0 amide bonds. The van der Waals surface area contributed by atoms with Crippen molar-refractivity contribution in [1.82, 2.24) is 4.98 Å². The number of carbonyl (C=O) groups excluding carboxylic acids is 1. The van der Waals surface area contributed by atoms with Gasteiger partial charge in [0.05, 0.1) is 12.1 Å². The summed E-state index contributed by atoms with van der Waals surface area (Å²) in [7, 11) is 0. The summed E-state index contributed by atoms with van der Waals surface area (Å²) in [5.74, 6) is -1.62. The summed E-state index contributed by atoms with van der Waals surface area (Å²) in [6.07, 6.45) is 0. The number of pyridine rings is 1. The molecule has 0 spiro atoms. The third kappa shape index (κ3) is 2.18. The molecule has 17 heavy (non-hydrogen) atoms. The minimum Gasteiger partial charge on any atom is -0.872 e. The molecular weight excluding hydrogens is 225 g/mol. The summed E-state index contributed by atoms with van der Waals surface area (Å²) >= 11 is 0. The second-order valence-electron chi connectivity index (χ2n) is 3.39.